The van der Waals surface area contributed by atoms with E-state index < -0.39 is 27.5 Å². The first-order chi connectivity index (χ1) is 12.7. The van der Waals surface area contributed by atoms with Crippen LogP contribution in [0.3, 0.4) is 0 Å². The number of hydrogen-bond donors (Lipinski definition) is 0. The molecule has 0 unspecified atom stereocenters. The molecule has 0 saturated carbocycles. The Hall–Kier alpha value is -2.65. The molecule has 0 amide bonds. The van der Waals surface area contributed by atoms with Crippen LogP contribution in [0.2, 0.25) is 5.02 Å². The highest BCUT2D eigenvalue weighted by atomic mass is 35.5. The van der Waals surface area contributed by atoms with Gasteiger partial charge in [0.15, 0.2) is 0 Å². The van der Waals surface area contributed by atoms with Gasteiger partial charge in [0.25, 0.3) is 15.7 Å². The van der Waals surface area contributed by atoms with E-state index in [4.69, 9.17) is 16.3 Å². The zero-order valence-corrected chi connectivity index (χ0v) is 16.2. The lowest BCUT2D eigenvalue weighted by Crippen LogP contribution is -2.37. The molecule has 0 aliphatic heterocycles. The van der Waals surface area contributed by atoms with Gasteiger partial charge < -0.3 is 4.74 Å². The minimum Gasteiger partial charge on any atom is -0.465 e. The summed E-state index contributed by atoms with van der Waals surface area (Å²) in [5, 5.41) is 11.2. The number of carbonyl (C=O) groups is 1. The van der Waals surface area contributed by atoms with Crippen LogP contribution in [0.4, 0.5) is 11.4 Å². The number of ether oxygens (including phenoxy) is 1. The molecule has 144 valence electrons. The highest BCUT2D eigenvalue weighted by molar-refractivity contribution is 7.92. The quantitative estimate of drug-likeness (QED) is 0.392. The fourth-order valence-corrected chi connectivity index (χ4v) is 4.09. The summed E-state index contributed by atoms with van der Waals surface area (Å²) in [5.74, 6) is -0.725. The summed E-state index contributed by atoms with van der Waals surface area (Å²) in [6.07, 6.45) is 0. The third-order valence-electron chi connectivity index (χ3n) is 3.64. The molecule has 27 heavy (non-hydrogen) atoms. The van der Waals surface area contributed by atoms with Gasteiger partial charge in [-0.05, 0) is 49.7 Å². The maximum Gasteiger partial charge on any atom is 0.326 e. The van der Waals surface area contributed by atoms with E-state index in [9.17, 15) is 23.3 Å². The first-order valence-corrected chi connectivity index (χ1v) is 9.67. The molecule has 2 aromatic rings. The summed E-state index contributed by atoms with van der Waals surface area (Å²) in [6, 6.07) is 8.98. The summed E-state index contributed by atoms with van der Waals surface area (Å²) in [6.45, 7) is 2.82. The minimum atomic E-state index is -4.18. The summed E-state index contributed by atoms with van der Waals surface area (Å²) in [4.78, 5) is 21.9. The fourth-order valence-electron chi connectivity index (χ4n) is 2.39. The molecule has 0 N–H and O–H groups in total. The fraction of sp³-hybridized carbons (Fsp3) is 0.235. The van der Waals surface area contributed by atoms with Crippen molar-refractivity contribution in [2.75, 3.05) is 17.5 Å². The van der Waals surface area contributed by atoms with Gasteiger partial charge in [0.05, 0.1) is 22.1 Å². The monoisotopic (exact) mass is 412 g/mol. The van der Waals surface area contributed by atoms with Crippen LogP contribution in [-0.2, 0) is 19.6 Å². The van der Waals surface area contributed by atoms with Gasteiger partial charge in [0, 0.05) is 17.2 Å². The number of halogens is 1. The van der Waals surface area contributed by atoms with Crippen LogP contribution in [0.5, 0.6) is 0 Å². The van der Waals surface area contributed by atoms with Crippen LogP contribution < -0.4 is 4.31 Å². The molecule has 10 heteroatoms. The molecule has 8 nitrogen and oxygen atoms in total. The number of rotatable bonds is 7. The summed E-state index contributed by atoms with van der Waals surface area (Å²) < 4.78 is 32.0. The van der Waals surface area contributed by atoms with Crippen molar-refractivity contribution in [3.63, 3.8) is 0 Å². The van der Waals surface area contributed by atoms with Crippen LogP contribution in [0, 0.1) is 17.0 Å². The van der Waals surface area contributed by atoms with Crippen LogP contribution in [0.15, 0.2) is 47.4 Å². The van der Waals surface area contributed by atoms with Crippen molar-refractivity contribution in [2.24, 2.45) is 0 Å². The van der Waals surface area contributed by atoms with Crippen molar-refractivity contribution >= 4 is 39.0 Å². The average molecular weight is 413 g/mol. The predicted molar refractivity (Wildman–Crippen MR) is 100 cm³/mol. The smallest absolute Gasteiger partial charge is 0.326 e. The molecular weight excluding hydrogens is 396 g/mol. The number of sulfonamides is 1. The molecule has 0 radical (unpaired) electrons. The normalized spacial score (nSPS) is 11.1. The Morgan fingerprint density at radius 2 is 1.85 bits per heavy atom. The zero-order valence-electron chi connectivity index (χ0n) is 14.6. The summed E-state index contributed by atoms with van der Waals surface area (Å²) in [7, 11) is -4.18. The van der Waals surface area contributed by atoms with E-state index in [1.54, 1.807) is 19.9 Å². The van der Waals surface area contributed by atoms with Crippen molar-refractivity contribution in [3.05, 3.63) is 63.2 Å². The first-order valence-electron chi connectivity index (χ1n) is 7.85. The van der Waals surface area contributed by atoms with E-state index in [0.717, 1.165) is 28.6 Å². The molecule has 2 rings (SSSR count). The predicted octanol–water partition coefficient (Wildman–Crippen LogP) is 3.32. The number of esters is 1. The lowest BCUT2D eigenvalue weighted by atomic mass is 10.2. The van der Waals surface area contributed by atoms with Crippen LogP contribution in [0.25, 0.3) is 0 Å². The van der Waals surface area contributed by atoms with Crippen LogP contribution >= 0.6 is 11.6 Å². The molecule has 0 heterocycles. The maximum absolute atomic E-state index is 13.1. The number of nitro benzene ring substituents is 1. The number of anilines is 1. The van der Waals surface area contributed by atoms with Crippen molar-refractivity contribution < 1.29 is 22.9 Å². The minimum absolute atomic E-state index is 0.101. The molecule has 0 fully saturated rings. The van der Waals surface area contributed by atoms with Gasteiger partial charge in [-0.25, -0.2) is 8.42 Å². The largest absolute Gasteiger partial charge is 0.465 e. The van der Waals surface area contributed by atoms with Crippen molar-refractivity contribution in [3.8, 4) is 0 Å². The second kappa shape index (κ2) is 8.36. The third-order valence-corrected chi connectivity index (χ3v) is 5.65. The molecular formula is C17H17ClN2O6S. The van der Waals surface area contributed by atoms with E-state index >= 15 is 0 Å². The number of benzene rings is 2. The van der Waals surface area contributed by atoms with Gasteiger partial charge in [-0.3, -0.25) is 19.2 Å². The molecule has 2 aromatic carbocycles. The van der Waals surface area contributed by atoms with Gasteiger partial charge in [-0.2, -0.15) is 0 Å². The Bertz CT molecular complexity index is 960. The molecule has 0 aliphatic rings. The Kier molecular flexibility index (Phi) is 6.40. The number of nitro groups is 1. The summed E-state index contributed by atoms with van der Waals surface area (Å²) in [5.41, 5.74) is 0.552. The van der Waals surface area contributed by atoms with E-state index in [0.29, 0.717) is 10.6 Å². The van der Waals surface area contributed by atoms with Gasteiger partial charge >= 0.3 is 5.97 Å². The number of carbonyl (C=O) groups excluding carboxylic acids is 1. The van der Waals surface area contributed by atoms with E-state index in [-0.39, 0.29) is 22.9 Å². The first kappa shape index (κ1) is 20.7. The van der Waals surface area contributed by atoms with Gasteiger partial charge in [0.1, 0.15) is 6.54 Å². The third kappa shape index (κ3) is 4.75. The number of aryl methyl sites for hydroxylation is 1. The summed E-state index contributed by atoms with van der Waals surface area (Å²) >= 11 is 5.93. The van der Waals surface area contributed by atoms with Crippen molar-refractivity contribution in [1.82, 2.24) is 0 Å². The van der Waals surface area contributed by atoms with E-state index in [1.807, 2.05) is 0 Å². The molecule has 0 aliphatic carbocycles. The molecule has 0 aromatic heterocycles. The highest BCUT2D eigenvalue weighted by Gasteiger charge is 2.29. The van der Waals surface area contributed by atoms with Crippen molar-refractivity contribution in [2.45, 2.75) is 18.7 Å². The topological polar surface area (TPSA) is 107 Å². The van der Waals surface area contributed by atoms with Crippen LogP contribution in [-0.4, -0.2) is 32.5 Å². The SMILES string of the molecule is CCOC(=O)CN(c1ccc(Cl)cc1C)S(=O)(=O)c1ccc([N+](=O)[O-])cc1. The Morgan fingerprint density at radius 3 is 2.37 bits per heavy atom. The lowest BCUT2D eigenvalue weighted by Gasteiger charge is -2.25. The maximum atomic E-state index is 13.1. The Balaban J connectivity index is 2.53. The van der Waals surface area contributed by atoms with Gasteiger partial charge in [-0.1, -0.05) is 11.6 Å². The number of non-ortho nitro benzene ring substituents is 1. The number of hydrogen-bond acceptors (Lipinski definition) is 6. The standard InChI is InChI=1S/C17H17ClN2O6S/c1-3-26-17(21)11-19(16-9-4-13(18)10-12(16)2)27(24,25)15-7-5-14(6-8-15)20(22)23/h4-10H,3,11H2,1-2H3. The van der Waals surface area contributed by atoms with E-state index in [2.05, 4.69) is 0 Å². The average Bonchev–Trinajstić information content (AvgIpc) is 2.60. The Labute approximate surface area is 161 Å². The van der Waals surface area contributed by atoms with Crippen LogP contribution in [0.1, 0.15) is 12.5 Å². The Morgan fingerprint density at radius 1 is 1.22 bits per heavy atom. The lowest BCUT2D eigenvalue weighted by molar-refractivity contribution is -0.384. The number of nitrogens with zero attached hydrogens (tertiary/aromatic N) is 2. The second-order valence-electron chi connectivity index (χ2n) is 5.50. The second-order valence-corrected chi connectivity index (χ2v) is 7.80. The van der Waals surface area contributed by atoms with Gasteiger partial charge in [-0.15, -0.1) is 0 Å². The van der Waals surface area contributed by atoms with E-state index in [1.165, 1.54) is 12.1 Å². The molecule has 0 atom stereocenters. The molecule has 0 saturated heterocycles. The molecule has 0 spiro atoms. The van der Waals surface area contributed by atoms with Gasteiger partial charge in [0.2, 0.25) is 0 Å². The van der Waals surface area contributed by atoms with Crippen molar-refractivity contribution in [1.29, 1.82) is 0 Å². The zero-order chi connectivity index (χ0) is 20.2. The molecule has 0 bridgehead atoms. The highest BCUT2D eigenvalue weighted by Crippen LogP contribution is 2.29.